The number of carbonyl (C=O) groups excluding carboxylic acids is 1. The number of anilines is 4. The van der Waals surface area contributed by atoms with E-state index in [1.54, 1.807) is 30.5 Å². The van der Waals surface area contributed by atoms with Crippen molar-refractivity contribution in [2.75, 3.05) is 16.0 Å². The van der Waals surface area contributed by atoms with Crippen LogP contribution in [0.25, 0.3) is 22.6 Å². The van der Waals surface area contributed by atoms with Gasteiger partial charge in [-0.15, -0.1) is 0 Å². The zero-order valence-corrected chi connectivity index (χ0v) is 21.6. The normalized spacial score (nSPS) is 11.2. The third-order valence-electron chi connectivity index (χ3n) is 5.83. The first-order valence-corrected chi connectivity index (χ1v) is 12.3. The van der Waals surface area contributed by atoms with Gasteiger partial charge in [0.25, 0.3) is 0 Å². The molecule has 0 spiro atoms. The molecular weight excluding hydrogens is 543 g/mol. The van der Waals surface area contributed by atoms with Crippen molar-refractivity contribution in [2.45, 2.75) is 13.1 Å². The van der Waals surface area contributed by atoms with Crippen molar-refractivity contribution in [3.63, 3.8) is 0 Å². The predicted molar refractivity (Wildman–Crippen MR) is 149 cm³/mol. The molecule has 2 amide bonds. The Morgan fingerprint density at radius 2 is 1.62 bits per heavy atom. The fourth-order valence-electron chi connectivity index (χ4n) is 3.95. The second-order valence-electron chi connectivity index (χ2n) is 8.72. The number of aryl methyl sites for hydroxylation is 1. The number of benzene rings is 3. The quantitative estimate of drug-likeness (QED) is 0.168. The highest BCUT2D eigenvalue weighted by Crippen LogP contribution is 2.36. The molecule has 8 nitrogen and oxygen atoms in total. The molecule has 0 aliphatic heterocycles. The number of hydrogen-bond acceptors (Lipinski definition) is 5. The number of amides is 2. The number of aromatic nitrogens is 4. The molecule has 0 radical (unpaired) electrons. The van der Waals surface area contributed by atoms with Crippen molar-refractivity contribution in [1.82, 2.24) is 20.2 Å². The third kappa shape index (κ3) is 6.21. The summed E-state index contributed by atoms with van der Waals surface area (Å²) in [6.07, 6.45) is -3.02. The van der Waals surface area contributed by atoms with Crippen molar-refractivity contribution in [1.29, 1.82) is 0 Å². The van der Waals surface area contributed by atoms with Crippen LogP contribution in [0.1, 0.15) is 11.1 Å². The molecule has 0 unspecified atom stereocenters. The number of halogens is 4. The van der Waals surface area contributed by atoms with Crippen LogP contribution >= 0.6 is 11.6 Å². The number of rotatable bonds is 6. The molecule has 0 saturated carbocycles. The number of hydrogen-bond donors (Lipinski definition) is 4. The second-order valence-corrected chi connectivity index (χ2v) is 9.13. The highest BCUT2D eigenvalue weighted by Gasteiger charge is 2.33. The number of nitrogens with one attached hydrogen (secondary N) is 4. The van der Waals surface area contributed by atoms with Crippen LogP contribution in [0.5, 0.6) is 0 Å². The number of aromatic amines is 1. The first-order chi connectivity index (χ1) is 19.2. The van der Waals surface area contributed by atoms with Gasteiger partial charge in [0.15, 0.2) is 11.6 Å². The van der Waals surface area contributed by atoms with E-state index in [2.05, 4.69) is 36.1 Å². The van der Waals surface area contributed by atoms with Gasteiger partial charge in [-0.3, -0.25) is 5.10 Å². The fourth-order valence-corrected chi connectivity index (χ4v) is 4.17. The predicted octanol–water partition coefficient (Wildman–Crippen LogP) is 7.90. The van der Waals surface area contributed by atoms with E-state index >= 15 is 0 Å². The molecule has 202 valence electrons. The van der Waals surface area contributed by atoms with Gasteiger partial charge >= 0.3 is 12.2 Å². The van der Waals surface area contributed by atoms with Crippen molar-refractivity contribution < 1.29 is 18.0 Å². The van der Waals surface area contributed by atoms with Gasteiger partial charge in [0.05, 0.1) is 16.3 Å². The Morgan fingerprint density at radius 1 is 0.900 bits per heavy atom. The standard InChI is InChI=1S/C28H21ClF3N7O/c1-16-13-18(34-27(40)35-19-8-10-22(29)21(14-19)28(30,31)32)7-9-20(16)26-33-12-11-24(37-26)36-25-15-23(38-39-25)17-5-3-2-4-6-17/h2-15H,1H3,(H2,34,35,40)(H2,33,36,37,38,39). The molecule has 12 heteroatoms. The lowest BCUT2D eigenvalue weighted by atomic mass is 10.1. The summed E-state index contributed by atoms with van der Waals surface area (Å²) in [4.78, 5) is 21.4. The molecule has 2 heterocycles. The number of carbonyl (C=O) groups is 1. The van der Waals surface area contributed by atoms with Crippen LogP contribution in [0.15, 0.2) is 85.1 Å². The number of urea groups is 1. The van der Waals surface area contributed by atoms with Gasteiger partial charge < -0.3 is 16.0 Å². The summed E-state index contributed by atoms with van der Waals surface area (Å²) >= 11 is 5.64. The van der Waals surface area contributed by atoms with E-state index in [-0.39, 0.29) is 5.69 Å². The Bertz CT molecular complexity index is 1670. The zero-order chi connectivity index (χ0) is 28.3. The third-order valence-corrected chi connectivity index (χ3v) is 6.16. The topological polar surface area (TPSA) is 108 Å². The van der Waals surface area contributed by atoms with Crippen molar-refractivity contribution in [3.05, 3.63) is 101 Å². The molecule has 0 aliphatic rings. The molecule has 0 bridgehead atoms. The Kier molecular flexibility index (Phi) is 7.39. The minimum Gasteiger partial charge on any atom is -0.323 e. The van der Waals surface area contributed by atoms with Crippen LogP contribution in [0.4, 0.5) is 41.0 Å². The minimum atomic E-state index is -4.64. The van der Waals surface area contributed by atoms with E-state index in [1.807, 2.05) is 43.3 Å². The fraction of sp³-hybridized carbons (Fsp3) is 0.0714. The summed E-state index contributed by atoms with van der Waals surface area (Å²) in [5.41, 5.74) is 2.71. The van der Waals surface area contributed by atoms with Crippen LogP contribution in [-0.2, 0) is 6.18 Å². The number of alkyl halides is 3. The number of H-pyrrole nitrogens is 1. The molecule has 0 aliphatic carbocycles. The van der Waals surface area contributed by atoms with Gasteiger partial charge in [-0.2, -0.15) is 18.3 Å². The van der Waals surface area contributed by atoms with Gasteiger partial charge in [-0.25, -0.2) is 14.8 Å². The first-order valence-electron chi connectivity index (χ1n) is 11.9. The van der Waals surface area contributed by atoms with E-state index < -0.39 is 22.8 Å². The SMILES string of the molecule is Cc1cc(NC(=O)Nc2ccc(Cl)c(C(F)(F)F)c2)ccc1-c1nccc(Nc2cc(-c3ccccc3)[nH]n2)n1. The average molecular weight is 564 g/mol. The maximum Gasteiger partial charge on any atom is 0.417 e. The molecule has 5 rings (SSSR count). The van der Waals surface area contributed by atoms with Crippen LogP contribution in [0, 0.1) is 6.92 Å². The monoisotopic (exact) mass is 563 g/mol. The Labute approximate surface area is 231 Å². The summed E-state index contributed by atoms with van der Waals surface area (Å²) in [6, 6.07) is 20.9. The smallest absolute Gasteiger partial charge is 0.323 e. The van der Waals surface area contributed by atoms with E-state index in [4.69, 9.17) is 11.6 Å². The Balaban J connectivity index is 1.26. The lowest BCUT2D eigenvalue weighted by Crippen LogP contribution is -2.20. The lowest BCUT2D eigenvalue weighted by Gasteiger charge is -2.13. The molecule has 0 saturated heterocycles. The van der Waals surface area contributed by atoms with E-state index in [9.17, 15) is 18.0 Å². The highest BCUT2D eigenvalue weighted by molar-refractivity contribution is 6.31. The van der Waals surface area contributed by atoms with Crippen molar-refractivity contribution in [3.8, 4) is 22.6 Å². The zero-order valence-electron chi connectivity index (χ0n) is 20.8. The summed E-state index contributed by atoms with van der Waals surface area (Å²) < 4.78 is 39.3. The molecule has 0 atom stereocenters. The second kappa shape index (κ2) is 11.1. The maximum atomic E-state index is 13.1. The summed E-state index contributed by atoms with van der Waals surface area (Å²) in [5.74, 6) is 1.59. The van der Waals surface area contributed by atoms with Crippen LogP contribution in [0.3, 0.4) is 0 Å². The molecule has 5 aromatic rings. The van der Waals surface area contributed by atoms with E-state index in [0.29, 0.717) is 23.1 Å². The first kappa shape index (κ1) is 26.7. The summed E-state index contributed by atoms with van der Waals surface area (Å²) in [7, 11) is 0. The summed E-state index contributed by atoms with van der Waals surface area (Å²) in [6.45, 7) is 1.83. The van der Waals surface area contributed by atoms with Gasteiger partial charge in [0.2, 0.25) is 0 Å². The Morgan fingerprint density at radius 3 is 2.35 bits per heavy atom. The highest BCUT2D eigenvalue weighted by atomic mass is 35.5. The van der Waals surface area contributed by atoms with Crippen LogP contribution in [0.2, 0.25) is 5.02 Å². The molecule has 40 heavy (non-hydrogen) atoms. The van der Waals surface area contributed by atoms with E-state index in [0.717, 1.165) is 34.5 Å². The lowest BCUT2D eigenvalue weighted by molar-refractivity contribution is -0.137. The van der Waals surface area contributed by atoms with E-state index in [1.165, 1.54) is 6.07 Å². The van der Waals surface area contributed by atoms with Gasteiger partial charge in [0, 0.05) is 29.2 Å². The molecule has 0 fully saturated rings. The van der Waals surface area contributed by atoms with Gasteiger partial charge in [0.1, 0.15) is 5.82 Å². The molecule has 4 N–H and O–H groups in total. The molecule has 3 aromatic carbocycles. The van der Waals surface area contributed by atoms with Crippen LogP contribution in [-0.4, -0.2) is 26.2 Å². The molecule has 2 aromatic heterocycles. The minimum absolute atomic E-state index is 0.0481. The van der Waals surface area contributed by atoms with Gasteiger partial charge in [-0.1, -0.05) is 41.9 Å². The van der Waals surface area contributed by atoms with Crippen molar-refractivity contribution >= 4 is 40.6 Å². The number of nitrogens with zero attached hydrogens (tertiary/aromatic N) is 3. The van der Waals surface area contributed by atoms with Crippen molar-refractivity contribution in [2.24, 2.45) is 0 Å². The molecular formula is C28H21ClF3N7O. The maximum absolute atomic E-state index is 13.1. The Hall–Kier alpha value is -4.90. The van der Waals surface area contributed by atoms with Crippen LogP contribution < -0.4 is 16.0 Å². The average Bonchev–Trinajstić information content (AvgIpc) is 3.38. The largest absolute Gasteiger partial charge is 0.417 e. The van der Waals surface area contributed by atoms with Gasteiger partial charge in [-0.05, 0) is 60.5 Å². The summed E-state index contributed by atoms with van der Waals surface area (Å²) in [5, 5.41) is 15.0.